The molecule has 7 nitrogen and oxygen atoms in total. The number of ether oxygens (including phenoxy) is 1. The van der Waals surface area contributed by atoms with Gasteiger partial charge in [0, 0.05) is 6.54 Å². The van der Waals surface area contributed by atoms with Gasteiger partial charge in [-0.1, -0.05) is 60.0 Å². The van der Waals surface area contributed by atoms with Crippen molar-refractivity contribution >= 4 is 47.0 Å². The Morgan fingerprint density at radius 3 is 2.26 bits per heavy atom. The second-order valence-corrected chi connectivity index (χ2v) is 12.1. The zero-order chi connectivity index (χ0) is 29.3. The highest BCUT2D eigenvalue weighted by Gasteiger charge is 2.36. The fourth-order valence-corrected chi connectivity index (χ4v) is 5.11. The third kappa shape index (κ3) is 9.76. The lowest BCUT2D eigenvalue weighted by atomic mass is 9.98. The van der Waals surface area contributed by atoms with Crippen LogP contribution in [0.1, 0.15) is 68.8 Å². The molecule has 0 aliphatic carbocycles. The highest BCUT2D eigenvalue weighted by Crippen LogP contribution is 2.30. The van der Waals surface area contributed by atoms with E-state index in [0.29, 0.717) is 41.4 Å². The molecule has 2 aromatic rings. The first-order valence-corrected chi connectivity index (χ1v) is 15.0. The van der Waals surface area contributed by atoms with Crippen molar-refractivity contribution in [3.8, 4) is 0 Å². The number of para-hydroxylation sites is 1. The van der Waals surface area contributed by atoms with Crippen LogP contribution in [0, 0.1) is 20.8 Å². The molecule has 2 unspecified atom stereocenters. The van der Waals surface area contributed by atoms with Gasteiger partial charge in [0.05, 0.1) is 10.7 Å². The largest absolute Gasteiger partial charge is 0.444 e. The highest BCUT2D eigenvalue weighted by atomic mass is 35.5. The minimum atomic E-state index is -0.941. The summed E-state index contributed by atoms with van der Waals surface area (Å²) in [6.45, 7) is 13.4. The van der Waals surface area contributed by atoms with E-state index in [-0.39, 0.29) is 11.8 Å². The van der Waals surface area contributed by atoms with Gasteiger partial charge in [-0.3, -0.25) is 9.59 Å². The zero-order valence-corrected chi connectivity index (χ0v) is 25.9. The van der Waals surface area contributed by atoms with Crippen molar-refractivity contribution in [2.75, 3.05) is 23.9 Å². The van der Waals surface area contributed by atoms with E-state index < -0.39 is 23.8 Å². The summed E-state index contributed by atoms with van der Waals surface area (Å²) in [4.78, 5) is 42.4. The number of alkyl carbamates (subject to hydrolysis) is 1. The SMILES string of the molecule is CCCN(C(=O)C(CCSC)NC(=O)OC(C)(C)C)C(C(=O)Nc1c(C)cccc1Cl)c1cc(C)cc(C)c1. The third-order valence-electron chi connectivity index (χ3n) is 5.94. The molecule has 0 radical (unpaired) electrons. The molecular formula is C30H42ClN3O4S. The lowest BCUT2D eigenvalue weighted by Crippen LogP contribution is -2.52. The van der Waals surface area contributed by atoms with Gasteiger partial charge >= 0.3 is 6.09 Å². The summed E-state index contributed by atoms with van der Waals surface area (Å²) in [5, 5.41) is 6.16. The topological polar surface area (TPSA) is 87.7 Å². The summed E-state index contributed by atoms with van der Waals surface area (Å²) in [6.07, 6.45) is 2.28. The van der Waals surface area contributed by atoms with Crippen molar-refractivity contribution < 1.29 is 19.1 Å². The molecule has 214 valence electrons. The van der Waals surface area contributed by atoms with Gasteiger partial charge in [0.25, 0.3) is 5.91 Å². The molecule has 0 fully saturated rings. The van der Waals surface area contributed by atoms with Crippen LogP contribution in [0.5, 0.6) is 0 Å². The first-order chi connectivity index (χ1) is 18.3. The fraction of sp³-hybridized carbons (Fsp3) is 0.500. The van der Waals surface area contributed by atoms with E-state index in [4.69, 9.17) is 16.3 Å². The van der Waals surface area contributed by atoms with Gasteiger partial charge in [0.15, 0.2) is 0 Å². The summed E-state index contributed by atoms with van der Waals surface area (Å²) in [5.74, 6) is -0.0726. The maximum absolute atomic E-state index is 14.2. The Kier molecular flexibility index (Phi) is 12.2. The molecule has 0 saturated heterocycles. The monoisotopic (exact) mass is 575 g/mol. The van der Waals surface area contributed by atoms with E-state index in [9.17, 15) is 14.4 Å². The molecule has 2 aromatic carbocycles. The van der Waals surface area contributed by atoms with Crippen LogP contribution in [-0.4, -0.2) is 53.0 Å². The number of anilines is 1. The second-order valence-electron chi connectivity index (χ2n) is 10.8. The third-order valence-corrected chi connectivity index (χ3v) is 6.90. The molecule has 0 heterocycles. The van der Waals surface area contributed by atoms with Crippen molar-refractivity contribution in [1.82, 2.24) is 10.2 Å². The standard InChI is InChI=1S/C30H42ClN3O4S/c1-9-14-34(28(36)24(13-15-39-8)32-29(37)38-30(5,6)7)26(22-17-19(2)16-20(3)18-22)27(35)33-25-21(4)11-10-12-23(25)31/h10-12,16-18,24,26H,9,13-15H2,1-8H3,(H,32,37)(H,33,35). The van der Waals surface area contributed by atoms with E-state index in [1.807, 2.05) is 64.3 Å². The first-order valence-electron chi connectivity index (χ1n) is 13.2. The Labute approximate surface area is 242 Å². The Morgan fingerprint density at radius 2 is 1.72 bits per heavy atom. The number of halogens is 1. The molecule has 0 aliphatic rings. The Balaban J connectivity index is 2.57. The van der Waals surface area contributed by atoms with Crippen molar-refractivity contribution in [2.45, 2.75) is 79.0 Å². The van der Waals surface area contributed by atoms with Gasteiger partial charge in [0.1, 0.15) is 17.7 Å². The van der Waals surface area contributed by atoms with E-state index in [0.717, 1.165) is 16.7 Å². The van der Waals surface area contributed by atoms with E-state index in [1.54, 1.807) is 43.5 Å². The lowest BCUT2D eigenvalue weighted by Gasteiger charge is -2.34. The van der Waals surface area contributed by atoms with Crippen LogP contribution in [0.3, 0.4) is 0 Å². The quantitative estimate of drug-likeness (QED) is 0.306. The summed E-state index contributed by atoms with van der Waals surface area (Å²) < 4.78 is 5.45. The van der Waals surface area contributed by atoms with Gasteiger partial charge in [-0.05, 0) is 83.6 Å². The van der Waals surface area contributed by atoms with Crippen LogP contribution >= 0.6 is 23.4 Å². The second kappa shape index (κ2) is 14.6. The van der Waals surface area contributed by atoms with Gasteiger partial charge in [-0.15, -0.1) is 0 Å². The minimum absolute atomic E-state index is 0.317. The normalized spacial score (nSPS) is 12.8. The molecular weight excluding hydrogens is 534 g/mol. The van der Waals surface area contributed by atoms with Crippen LogP contribution in [0.4, 0.5) is 10.5 Å². The Morgan fingerprint density at radius 1 is 1.08 bits per heavy atom. The maximum Gasteiger partial charge on any atom is 0.408 e. The number of thioether (sulfide) groups is 1. The molecule has 3 amide bonds. The highest BCUT2D eigenvalue weighted by molar-refractivity contribution is 7.98. The number of nitrogens with zero attached hydrogens (tertiary/aromatic N) is 1. The van der Waals surface area contributed by atoms with E-state index in [2.05, 4.69) is 10.6 Å². The number of carbonyl (C=O) groups excluding carboxylic acids is 3. The van der Waals surface area contributed by atoms with Gasteiger partial charge in [-0.25, -0.2) is 4.79 Å². The number of hydrogen-bond acceptors (Lipinski definition) is 5. The molecule has 0 saturated carbocycles. The summed E-state index contributed by atoms with van der Waals surface area (Å²) in [7, 11) is 0. The van der Waals surface area contributed by atoms with E-state index in [1.165, 1.54) is 0 Å². The van der Waals surface area contributed by atoms with Crippen LogP contribution < -0.4 is 10.6 Å². The number of hydrogen-bond donors (Lipinski definition) is 2. The zero-order valence-electron chi connectivity index (χ0n) is 24.3. The average molecular weight is 576 g/mol. The summed E-state index contributed by atoms with van der Waals surface area (Å²) >= 11 is 8.01. The predicted octanol–water partition coefficient (Wildman–Crippen LogP) is 6.83. The number of rotatable bonds is 11. The molecule has 0 spiro atoms. The van der Waals surface area contributed by atoms with Crippen molar-refractivity contribution in [3.63, 3.8) is 0 Å². The molecule has 0 aromatic heterocycles. The number of benzene rings is 2. The number of nitrogens with one attached hydrogen (secondary N) is 2. The molecule has 2 atom stereocenters. The van der Waals surface area contributed by atoms with Gasteiger partial charge < -0.3 is 20.3 Å². The minimum Gasteiger partial charge on any atom is -0.444 e. The number of amides is 3. The Bertz CT molecular complexity index is 1120. The van der Waals surface area contributed by atoms with Gasteiger partial charge in [-0.2, -0.15) is 11.8 Å². The van der Waals surface area contributed by atoms with Crippen molar-refractivity contribution in [3.05, 3.63) is 63.7 Å². The van der Waals surface area contributed by atoms with E-state index >= 15 is 0 Å². The number of carbonyl (C=O) groups is 3. The lowest BCUT2D eigenvalue weighted by molar-refractivity contribution is -0.140. The summed E-state index contributed by atoms with van der Waals surface area (Å²) in [5.41, 5.74) is 3.26. The van der Waals surface area contributed by atoms with Crippen LogP contribution in [0.2, 0.25) is 5.02 Å². The van der Waals surface area contributed by atoms with Gasteiger partial charge in [0.2, 0.25) is 5.91 Å². The van der Waals surface area contributed by atoms with Crippen LogP contribution in [0.25, 0.3) is 0 Å². The van der Waals surface area contributed by atoms with Crippen molar-refractivity contribution in [2.24, 2.45) is 0 Å². The fourth-order valence-electron chi connectivity index (χ4n) is 4.37. The van der Waals surface area contributed by atoms with Crippen molar-refractivity contribution in [1.29, 1.82) is 0 Å². The molecule has 2 rings (SSSR count). The first kappa shape index (κ1) is 32.5. The average Bonchev–Trinajstić information content (AvgIpc) is 2.81. The summed E-state index contributed by atoms with van der Waals surface area (Å²) in [6, 6.07) is 9.47. The van der Waals surface area contributed by atoms with Crippen LogP contribution in [0.15, 0.2) is 36.4 Å². The Hall–Kier alpha value is -2.71. The molecule has 0 aliphatic heterocycles. The molecule has 39 heavy (non-hydrogen) atoms. The predicted molar refractivity (Wildman–Crippen MR) is 162 cm³/mol. The molecule has 0 bridgehead atoms. The van der Waals surface area contributed by atoms with Crippen LogP contribution in [-0.2, 0) is 14.3 Å². The smallest absolute Gasteiger partial charge is 0.408 e. The molecule has 2 N–H and O–H groups in total. The number of aryl methyl sites for hydroxylation is 3. The maximum atomic E-state index is 14.2. The molecule has 9 heteroatoms.